The molecule has 1 aromatic carbocycles. The number of anilines is 1. The number of carbonyl (C=O) groups is 1. The van der Waals surface area contributed by atoms with E-state index < -0.39 is 17.2 Å². The lowest BCUT2D eigenvalue weighted by Crippen LogP contribution is -2.33. The zero-order valence-corrected chi connectivity index (χ0v) is 20.1. The van der Waals surface area contributed by atoms with Crippen LogP contribution in [0.25, 0.3) is 22.6 Å². The highest BCUT2D eigenvalue weighted by Crippen LogP contribution is 2.33. The van der Waals surface area contributed by atoms with Crippen LogP contribution in [0, 0.1) is 11.7 Å². The molecule has 10 nitrogen and oxygen atoms in total. The number of nitrogens with two attached hydrogens (primary N) is 1. The Labute approximate surface area is 207 Å². The summed E-state index contributed by atoms with van der Waals surface area (Å²) < 4.78 is 21.0. The van der Waals surface area contributed by atoms with Crippen LogP contribution in [0.15, 0.2) is 48.7 Å². The monoisotopic (exact) mass is 491 g/mol. The van der Waals surface area contributed by atoms with E-state index in [1.54, 1.807) is 29.1 Å². The van der Waals surface area contributed by atoms with Gasteiger partial charge in [-0.25, -0.2) is 19.0 Å². The molecule has 0 spiro atoms. The van der Waals surface area contributed by atoms with Gasteiger partial charge in [0.15, 0.2) is 11.6 Å². The van der Waals surface area contributed by atoms with Gasteiger partial charge in [0, 0.05) is 22.6 Å². The number of hydrogen-bond donors (Lipinski definition) is 2. The quantitative estimate of drug-likeness (QED) is 0.338. The van der Waals surface area contributed by atoms with Crippen molar-refractivity contribution < 1.29 is 19.0 Å². The Bertz CT molecular complexity index is 1390. The highest BCUT2D eigenvalue weighted by molar-refractivity contribution is 5.72. The SMILES string of the molecule is COc1c(F)cccc1-c1cc(-c2cn(Cc3cccc(C(C)(C)C(C=O)CO)n3)nn2)nc(N)n1. The second-order valence-electron chi connectivity index (χ2n) is 8.78. The lowest BCUT2D eigenvalue weighted by Gasteiger charge is -2.29. The highest BCUT2D eigenvalue weighted by atomic mass is 19.1. The van der Waals surface area contributed by atoms with Crippen molar-refractivity contribution in [2.24, 2.45) is 5.92 Å². The molecule has 1 atom stereocenters. The summed E-state index contributed by atoms with van der Waals surface area (Å²) in [5.41, 5.74) is 8.34. The van der Waals surface area contributed by atoms with Crippen LogP contribution in [0.4, 0.5) is 10.3 Å². The first-order valence-electron chi connectivity index (χ1n) is 11.2. The zero-order valence-electron chi connectivity index (χ0n) is 20.1. The van der Waals surface area contributed by atoms with E-state index in [9.17, 15) is 14.3 Å². The van der Waals surface area contributed by atoms with Crippen LogP contribution >= 0.6 is 0 Å². The van der Waals surface area contributed by atoms with Gasteiger partial charge in [-0.05, 0) is 30.3 Å². The first-order valence-corrected chi connectivity index (χ1v) is 11.2. The normalized spacial score (nSPS) is 12.4. The largest absolute Gasteiger partial charge is 0.493 e. The van der Waals surface area contributed by atoms with E-state index >= 15 is 0 Å². The first-order chi connectivity index (χ1) is 17.3. The molecule has 186 valence electrons. The summed E-state index contributed by atoms with van der Waals surface area (Å²) in [4.78, 5) is 24.6. The minimum absolute atomic E-state index is 0.00595. The van der Waals surface area contributed by atoms with Gasteiger partial charge in [-0.3, -0.25) is 4.98 Å². The number of nitrogen functional groups attached to an aromatic ring is 1. The summed E-state index contributed by atoms with van der Waals surface area (Å²) in [6.45, 7) is 3.78. The molecule has 3 heterocycles. The molecule has 0 fully saturated rings. The summed E-state index contributed by atoms with van der Waals surface area (Å²) in [6, 6.07) is 11.7. The van der Waals surface area contributed by atoms with Crippen LogP contribution in [-0.2, 0) is 16.8 Å². The fourth-order valence-corrected chi connectivity index (χ4v) is 3.87. The predicted molar refractivity (Wildman–Crippen MR) is 130 cm³/mol. The number of methoxy groups -OCH3 is 1. The maximum atomic E-state index is 14.2. The Balaban J connectivity index is 1.62. The van der Waals surface area contributed by atoms with Crippen molar-refractivity contribution in [3.8, 4) is 28.4 Å². The van der Waals surface area contributed by atoms with E-state index in [-0.39, 0.29) is 18.3 Å². The number of nitrogens with zero attached hydrogens (tertiary/aromatic N) is 6. The molecule has 0 aliphatic rings. The Morgan fingerprint density at radius 1 is 1.14 bits per heavy atom. The van der Waals surface area contributed by atoms with E-state index in [0.29, 0.717) is 40.6 Å². The summed E-state index contributed by atoms with van der Waals surface area (Å²) in [5.74, 6) is -1.05. The fraction of sp³-hybridized carbons (Fsp3) is 0.280. The molecular weight excluding hydrogens is 465 g/mol. The van der Waals surface area contributed by atoms with Gasteiger partial charge in [0.2, 0.25) is 5.95 Å². The van der Waals surface area contributed by atoms with E-state index in [1.807, 2.05) is 32.0 Å². The van der Waals surface area contributed by atoms with E-state index in [0.717, 1.165) is 6.29 Å². The minimum atomic E-state index is -0.646. The average Bonchev–Trinajstić information content (AvgIpc) is 3.33. The number of benzene rings is 1. The standard InChI is InChI=1S/C25H26FN7O3/c1-25(2,15(13-34)14-35)22-9-4-6-16(28-22)11-33-12-21(31-32-33)20-10-19(29-24(27)30-20)17-7-5-8-18(26)23(17)36-3/h4-10,12-13,15,35H,11,14H2,1-3H3,(H2,27,29,30). The fourth-order valence-electron chi connectivity index (χ4n) is 3.87. The molecular formula is C25H26FN7O3. The summed E-state index contributed by atoms with van der Waals surface area (Å²) >= 11 is 0. The molecule has 0 bridgehead atoms. The van der Waals surface area contributed by atoms with Crippen LogP contribution in [0.3, 0.4) is 0 Å². The van der Waals surface area contributed by atoms with Gasteiger partial charge < -0.3 is 20.4 Å². The van der Waals surface area contributed by atoms with Crippen LogP contribution in [0.5, 0.6) is 5.75 Å². The van der Waals surface area contributed by atoms with Gasteiger partial charge in [0.1, 0.15) is 12.0 Å². The number of aldehydes is 1. The number of aliphatic hydroxyl groups excluding tert-OH is 1. The summed E-state index contributed by atoms with van der Waals surface area (Å²) in [5, 5.41) is 17.9. The van der Waals surface area contributed by atoms with E-state index in [1.165, 1.54) is 13.2 Å². The Morgan fingerprint density at radius 2 is 1.89 bits per heavy atom. The minimum Gasteiger partial charge on any atom is -0.493 e. The number of carbonyl (C=O) groups excluding carboxylic acids is 1. The predicted octanol–water partition coefficient (Wildman–Crippen LogP) is 2.66. The van der Waals surface area contributed by atoms with Gasteiger partial charge in [0.25, 0.3) is 0 Å². The van der Waals surface area contributed by atoms with Crippen LogP contribution in [0.2, 0.25) is 0 Å². The molecule has 4 rings (SSSR count). The molecule has 0 saturated carbocycles. The molecule has 1 unspecified atom stereocenters. The third-order valence-corrected chi connectivity index (χ3v) is 6.07. The van der Waals surface area contributed by atoms with Crippen LogP contribution in [-0.4, -0.2) is 55.1 Å². The maximum Gasteiger partial charge on any atom is 0.221 e. The van der Waals surface area contributed by atoms with Crippen molar-refractivity contribution in [1.29, 1.82) is 0 Å². The first kappa shape index (κ1) is 24.9. The maximum absolute atomic E-state index is 14.2. The molecule has 0 aliphatic carbocycles. The molecule has 3 N–H and O–H groups in total. The van der Waals surface area contributed by atoms with Gasteiger partial charge in [0.05, 0.1) is 43.5 Å². The van der Waals surface area contributed by atoms with Crippen molar-refractivity contribution in [2.45, 2.75) is 25.8 Å². The number of rotatable bonds is 9. The topological polar surface area (TPSA) is 142 Å². The molecule has 11 heteroatoms. The van der Waals surface area contributed by atoms with Crippen molar-refractivity contribution in [1.82, 2.24) is 29.9 Å². The lowest BCUT2D eigenvalue weighted by molar-refractivity contribution is -0.114. The smallest absolute Gasteiger partial charge is 0.221 e. The van der Waals surface area contributed by atoms with Crippen molar-refractivity contribution >= 4 is 12.2 Å². The molecule has 0 aliphatic heterocycles. The number of aliphatic hydroxyl groups is 1. The number of aromatic nitrogens is 6. The van der Waals surface area contributed by atoms with Crippen molar-refractivity contribution in [3.05, 3.63) is 65.9 Å². The van der Waals surface area contributed by atoms with Gasteiger partial charge in [-0.1, -0.05) is 31.2 Å². The van der Waals surface area contributed by atoms with Gasteiger partial charge in [-0.2, -0.15) is 0 Å². The third-order valence-electron chi connectivity index (χ3n) is 6.07. The van der Waals surface area contributed by atoms with Crippen LogP contribution in [0.1, 0.15) is 25.2 Å². The average molecular weight is 492 g/mol. The Kier molecular flexibility index (Phi) is 7.02. The number of ether oxygens (including phenoxy) is 1. The molecule has 36 heavy (non-hydrogen) atoms. The third kappa shape index (κ3) is 4.91. The van der Waals surface area contributed by atoms with Gasteiger partial charge in [-0.15, -0.1) is 5.10 Å². The number of halogens is 1. The van der Waals surface area contributed by atoms with Gasteiger partial charge >= 0.3 is 0 Å². The summed E-state index contributed by atoms with van der Waals surface area (Å²) in [7, 11) is 1.38. The van der Waals surface area contributed by atoms with E-state index in [4.69, 9.17) is 10.5 Å². The van der Waals surface area contributed by atoms with E-state index in [2.05, 4.69) is 25.3 Å². The summed E-state index contributed by atoms with van der Waals surface area (Å²) in [6.07, 6.45) is 2.44. The Morgan fingerprint density at radius 3 is 2.61 bits per heavy atom. The molecule has 0 saturated heterocycles. The molecule has 0 amide bonds. The van der Waals surface area contributed by atoms with Crippen LogP contribution < -0.4 is 10.5 Å². The lowest BCUT2D eigenvalue weighted by atomic mass is 9.77. The molecule has 3 aromatic heterocycles. The Hall–Kier alpha value is -4.25. The highest BCUT2D eigenvalue weighted by Gasteiger charge is 2.32. The molecule has 4 aromatic rings. The zero-order chi connectivity index (χ0) is 25.9. The molecule has 0 radical (unpaired) electrons. The van der Waals surface area contributed by atoms with Crippen molar-refractivity contribution in [2.75, 3.05) is 19.5 Å². The second-order valence-corrected chi connectivity index (χ2v) is 8.78. The van der Waals surface area contributed by atoms with Crippen molar-refractivity contribution in [3.63, 3.8) is 0 Å². The number of hydrogen-bond acceptors (Lipinski definition) is 9. The number of para-hydroxylation sites is 1. The number of pyridine rings is 1. The second kappa shape index (κ2) is 10.2.